The second-order valence-electron chi connectivity index (χ2n) is 26.6. The van der Waals surface area contributed by atoms with E-state index in [1.807, 2.05) is 32.0 Å². The number of hydrogen-bond donors (Lipinski definition) is 16. The molecule has 2 aliphatic rings. The van der Waals surface area contributed by atoms with Crippen molar-refractivity contribution in [3.8, 4) is 5.75 Å². The van der Waals surface area contributed by atoms with E-state index in [0.29, 0.717) is 61.0 Å². The Morgan fingerprint density at radius 1 is 0.640 bits per heavy atom. The summed E-state index contributed by atoms with van der Waals surface area (Å²) < 4.78 is 0. The third-order valence-electron chi connectivity index (χ3n) is 18.0. The molecular formula is C71H109N17O12. The highest BCUT2D eigenvalue weighted by atomic mass is 16.3. The van der Waals surface area contributed by atoms with Crippen LogP contribution in [0.15, 0.2) is 72.2 Å². The Balaban J connectivity index is 1.24. The van der Waals surface area contributed by atoms with Gasteiger partial charge in [0, 0.05) is 74.3 Å². The molecule has 4 aromatic rings. The van der Waals surface area contributed by atoms with Gasteiger partial charge in [0.1, 0.15) is 60.1 Å². The lowest BCUT2D eigenvalue weighted by molar-refractivity contribution is -0.142. The summed E-state index contributed by atoms with van der Waals surface area (Å²) in [5, 5.41) is 50.1. The van der Waals surface area contributed by atoms with Crippen LogP contribution >= 0.6 is 0 Å². The van der Waals surface area contributed by atoms with E-state index in [1.165, 1.54) is 86.6 Å². The van der Waals surface area contributed by atoms with Crippen molar-refractivity contribution in [1.29, 1.82) is 0 Å². The fourth-order valence-electron chi connectivity index (χ4n) is 12.5. The van der Waals surface area contributed by atoms with Crippen LogP contribution in [0.4, 0.5) is 0 Å². The number of nitrogens with two attached hydrogens (primary N) is 2. The van der Waals surface area contributed by atoms with Gasteiger partial charge in [-0.25, -0.2) is 4.98 Å². The first-order valence-corrected chi connectivity index (χ1v) is 35.8. The Hall–Kier alpha value is -9.12. The van der Waals surface area contributed by atoms with Gasteiger partial charge in [-0.1, -0.05) is 109 Å². The molecule has 550 valence electrons. The summed E-state index contributed by atoms with van der Waals surface area (Å²) in [4.78, 5) is 157. The van der Waals surface area contributed by atoms with E-state index in [-0.39, 0.29) is 100 Å². The number of aliphatic imine (C=N–C) groups is 1. The quantitative estimate of drug-likeness (QED) is 0.0171. The number of nitrogens with one attached hydrogen (secondary N) is 12. The van der Waals surface area contributed by atoms with Gasteiger partial charge in [-0.05, 0) is 119 Å². The number of H-pyrrole nitrogens is 2. The molecule has 2 saturated heterocycles. The molecule has 4 heterocycles. The Morgan fingerprint density at radius 2 is 1.22 bits per heavy atom. The zero-order valence-electron chi connectivity index (χ0n) is 58.6. The standard InChI is InChI=1S/C71H109N17O12/c1-5-7-8-9-10-11-12-13-14-18-33-74-34-19-17-24-52(62(92)83-55(37-45(3)4)64(94)82-54(25-20-35-77-71(72)73)70(100)88-36-21-26-60(88)69(99)76-6-2)81-65(95)56(38-46-27-29-49(90)30-28-46)84-68(98)59(43-89)87-66(96)57(39-47-41-78-51-23-16-15-22-50(47)51)85-67(97)58(40-48-42-75-44-79-48)86-63(93)53-31-32-61(91)80-53/h15-16,22-23,27-30,41-42,44-45,52-60,74,78,89-90H,5-14,17-21,24-26,31-40,43H2,1-4H3,(H,75,79)(H,76,99)(H,80,91)(H,81,95)(H,82,94)(H,83,92)(H,84,98)(H,85,97)(H,86,93)(H,87,96)(H4,72,73,77)/t52-,53+,54+,55+,56+,57+,58+,59+,60+/m1/s1. The molecule has 0 spiro atoms. The first kappa shape index (κ1) is 79.9. The third-order valence-corrected chi connectivity index (χ3v) is 18.0. The monoisotopic (exact) mass is 1390 g/mol. The van der Waals surface area contributed by atoms with Crippen molar-refractivity contribution in [3.63, 3.8) is 0 Å². The molecule has 29 nitrogen and oxygen atoms in total. The highest BCUT2D eigenvalue weighted by Gasteiger charge is 2.40. The molecule has 10 amide bonds. The van der Waals surface area contributed by atoms with Crippen molar-refractivity contribution in [2.45, 2.75) is 230 Å². The van der Waals surface area contributed by atoms with Gasteiger partial charge >= 0.3 is 0 Å². The molecule has 6 rings (SSSR count). The Bertz CT molecular complexity index is 3280. The molecule has 0 bridgehead atoms. The number of para-hydroxylation sites is 1. The molecule has 2 fully saturated rings. The molecule has 0 aliphatic carbocycles. The van der Waals surface area contributed by atoms with Gasteiger partial charge in [-0.15, -0.1) is 0 Å². The smallest absolute Gasteiger partial charge is 0.245 e. The highest BCUT2D eigenvalue weighted by molar-refractivity contribution is 5.99. The minimum Gasteiger partial charge on any atom is -0.508 e. The van der Waals surface area contributed by atoms with Gasteiger partial charge in [0.15, 0.2) is 5.96 Å². The predicted molar refractivity (Wildman–Crippen MR) is 379 cm³/mol. The van der Waals surface area contributed by atoms with E-state index in [1.54, 1.807) is 19.2 Å². The number of aromatic nitrogens is 3. The number of guanidine groups is 1. The van der Waals surface area contributed by atoms with Gasteiger partial charge in [-0.3, -0.25) is 52.9 Å². The molecule has 0 radical (unpaired) electrons. The molecule has 0 saturated carbocycles. The Kier molecular flexibility index (Phi) is 34.1. The number of likely N-dealkylation sites (N-methyl/N-ethyl adjacent to an activating group) is 1. The van der Waals surface area contributed by atoms with E-state index in [9.17, 15) is 53.4 Å². The molecule has 0 unspecified atom stereocenters. The number of nitrogens with zero attached hydrogens (tertiary/aromatic N) is 3. The van der Waals surface area contributed by atoms with Gasteiger partial charge in [0.2, 0.25) is 59.1 Å². The van der Waals surface area contributed by atoms with Crippen LogP contribution in [0, 0.1) is 5.92 Å². The lowest BCUT2D eigenvalue weighted by Crippen LogP contribution is -2.61. The van der Waals surface area contributed by atoms with Crippen LogP contribution in [-0.4, -0.2) is 189 Å². The van der Waals surface area contributed by atoms with Crippen LogP contribution < -0.4 is 64.6 Å². The fourth-order valence-corrected chi connectivity index (χ4v) is 12.5. The van der Waals surface area contributed by atoms with Gasteiger partial charge in [0.05, 0.1) is 12.9 Å². The van der Waals surface area contributed by atoms with Crippen LogP contribution in [0.5, 0.6) is 5.75 Å². The van der Waals surface area contributed by atoms with Crippen molar-refractivity contribution in [1.82, 2.24) is 73.0 Å². The van der Waals surface area contributed by atoms with E-state index in [0.717, 1.165) is 31.3 Å². The maximum Gasteiger partial charge on any atom is 0.245 e. The van der Waals surface area contributed by atoms with Crippen molar-refractivity contribution in [2.75, 3.05) is 39.3 Å². The average Bonchev–Trinajstić information content (AvgIpc) is 1.63. The Morgan fingerprint density at radius 3 is 1.85 bits per heavy atom. The summed E-state index contributed by atoms with van der Waals surface area (Å²) in [5.74, 6) is -7.24. The minimum absolute atomic E-state index is 0.0674. The zero-order valence-corrected chi connectivity index (χ0v) is 58.6. The molecule has 2 aliphatic heterocycles. The number of fused-ring (bicyclic) bond motifs is 1. The lowest BCUT2D eigenvalue weighted by Gasteiger charge is -2.30. The first-order valence-electron chi connectivity index (χ1n) is 35.8. The number of aromatic hydroxyl groups is 1. The molecule has 9 atom stereocenters. The van der Waals surface area contributed by atoms with Crippen LogP contribution in [0.3, 0.4) is 0 Å². The molecule has 2 aromatic heterocycles. The number of amides is 10. The number of benzene rings is 2. The molecular weight excluding hydrogens is 1280 g/mol. The molecule has 18 N–H and O–H groups in total. The number of aliphatic hydroxyl groups excluding tert-OH is 1. The van der Waals surface area contributed by atoms with E-state index in [4.69, 9.17) is 11.5 Å². The number of aromatic amines is 2. The van der Waals surface area contributed by atoms with E-state index >= 15 is 4.79 Å². The van der Waals surface area contributed by atoms with Gasteiger partial charge in [-0.2, -0.15) is 0 Å². The summed E-state index contributed by atoms with van der Waals surface area (Å²) in [5.41, 5.74) is 13.4. The van der Waals surface area contributed by atoms with E-state index in [2.05, 4.69) is 80.0 Å². The minimum atomic E-state index is -1.76. The number of imidazole rings is 1. The summed E-state index contributed by atoms with van der Waals surface area (Å²) in [7, 11) is 0. The summed E-state index contributed by atoms with van der Waals surface area (Å²) >= 11 is 0. The van der Waals surface area contributed by atoms with Crippen molar-refractivity contribution in [3.05, 3.63) is 84.1 Å². The highest BCUT2D eigenvalue weighted by Crippen LogP contribution is 2.23. The van der Waals surface area contributed by atoms with Crippen molar-refractivity contribution in [2.24, 2.45) is 22.4 Å². The van der Waals surface area contributed by atoms with Crippen LogP contribution in [-0.2, 0) is 67.2 Å². The number of carbonyl (C=O) groups excluding carboxylic acids is 10. The number of phenolic OH excluding ortho intramolecular Hbond substituents is 1. The lowest BCUT2D eigenvalue weighted by atomic mass is 10.00. The third kappa shape index (κ3) is 26.9. The number of aliphatic hydroxyl groups is 1. The fraction of sp³-hybridized carbons (Fsp3) is 0.606. The van der Waals surface area contributed by atoms with Crippen molar-refractivity contribution >= 4 is 75.9 Å². The molecule has 29 heteroatoms. The van der Waals surface area contributed by atoms with Gasteiger partial charge < -0.3 is 89.7 Å². The summed E-state index contributed by atoms with van der Waals surface area (Å²) in [6.45, 7) is 8.89. The van der Waals surface area contributed by atoms with Crippen LogP contribution in [0.25, 0.3) is 10.9 Å². The van der Waals surface area contributed by atoms with Crippen molar-refractivity contribution < 1.29 is 58.2 Å². The maximum atomic E-state index is 15.1. The number of unbranched alkanes of at least 4 members (excludes halogenated alkanes) is 10. The second kappa shape index (κ2) is 42.7. The molecule has 100 heavy (non-hydrogen) atoms. The average molecular weight is 1390 g/mol. The zero-order chi connectivity index (χ0) is 72.3. The van der Waals surface area contributed by atoms with Crippen LogP contribution in [0.1, 0.15) is 173 Å². The Labute approximate surface area is 586 Å². The number of carbonyl (C=O) groups is 10. The number of hydrogen-bond acceptors (Lipinski definition) is 15. The van der Waals surface area contributed by atoms with Gasteiger partial charge in [0.25, 0.3) is 0 Å². The normalized spacial score (nSPS) is 16.4. The second-order valence-corrected chi connectivity index (χ2v) is 26.6. The number of phenols is 1. The predicted octanol–water partition coefficient (Wildman–Crippen LogP) is 2.20. The maximum absolute atomic E-state index is 15.1. The number of likely N-dealkylation sites (tertiary alicyclic amines) is 1. The summed E-state index contributed by atoms with van der Waals surface area (Å²) in [6, 6.07) is 1.65. The summed E-state index contributed by atoms with van der Waals surface area (Å²) in [6.07, 6.45) is 18.9. The SMILES string of the molecule is CCCCCCCCCCCCNCCCC[C@@H](NC(=O)[C@H](Cc1ccc(O)cc1)NC(=O)[C@H](CO)NC(=O)[C@H](Cc1c[nH]c2ccccc12)NC(=O)[C@H](Cc1cnc[nH]1)NC(=O)[C@@H]1CCC(=O)N1)C(=O)N[C@@H](CC(C)C)C(=O)N[C@@H](CCCN=C(N)N)C(=O)N1CCC[C@H]1C(=O)NCC. The topological polar surface area (TPSA) is 444 Å². The number of rotatable bonds is 46. The first-order chi connectivity index (χ1) is 48.2. The molecule has 2 aromatic carbocycles. The van der Waals surface area contributed by atoms with E-state index < -0.39 is 108 Å². The largest absolute Gasteiger partial charge is 0.508 e. The van der Waals surface area contributed by atoms with Crippen LogP contribution in [0.2, 0.25) is 0 Å².